The molecule has 15 heavy (non-hydrogen) atoms. The molecule has 1 atom stereocenters. The summed E-state index contributed by atoms with van der Waals surface area (Å²) < 4.78 is 38.6. The molecule has 0 amide bonds. The molecule has 0 aromatic carbocycles. The molecule has 0 aromatic heterocycles. The summed E-state index contributed by atoms with van der Waals surface area (Å²) in [5.74, 6) is 0.523. The third kappa shape index (κ3) is 4.97. The topological polar surface area (TPSA) is 15.6 Å². The van der Waals surface area contributed by atoms with Gasteiger partial charge in [0.1, 0.15) is 0 Å². The third-order valence-corrected chi connectivity index (χ3v) is 3.48. The molecule has 0 aliphatic carbocycles. The van der Waals surface area contributed by atoms with Crippen molar-refractivity contribution in [2.45, 2.75) is 52.4 Å². The van der Waals surface area contributed by atoms with E-state index in [1.165, 1.54) is 3.61 Å². The van der Waals surface area contributed by atoms with E-state index in [-0.39, 0.29) is 6.04 Å². The number of alkyl halides is 3. The Morgan fingerprint density at radius 3 is 2.07 bits per heavy atom. The molecule has 2 radical (unpaired) electrons. The van der Waals surface area contributed by atoms with Crippen LogP contribution in [-0.2, 0) is 0 Å². The third-order valence-electron chi connectivity index (χ3n) is 1.91. The van der Waals surface area contributed by atoms with E-state index < -0.39 is 12.2 Å². The van der Waals surface area contributed by atoms with Crippen molar-refractivity contribution in [3.63, 3.8) is 0 Å². The first-order valence-corrected chi connectivity index (χ1v) is 5.95. The molecule has 2 nitrogen and oxygen atoms in total. The van der Waals surface area contributed by atoms with Crippen LogP contribution in [0.1, 0.15) is 34.1 Å². The zero-order valence-electron chi connectivity index (χ0n) is 9.47. The van der Waals surface area contributed by atoms with Crippen molar-refractivity contribution in [3.05, 3.63) is 0 Å². The Morgan fingerprint density at radius 1 is 1.33 bits per heavy atom. The summed E-state index contributed by atoms with van der Waals surface area (Å²) in [5, 5.41) is 0. The van der Waals surface area contributed by atoms with Gasteiger partial charge in [-0.25, -0.2) is 0 Å². The van der Waals surface area contributed by atoms with Crippen molar-refractivity contribution in [3.8, 4) is 0 Å². The fourth-order valence-corrected chi connectivity index (χ4v) is 1.90. The SMILES string of the molecule is CCC(=NC(C)C)[N]([Ga])C(C)C(F)(F)F. The van der Waals surface area contributed by atoms with Crippen LogP contribution in [0, 0.1) is 0 Å². The first-order chi connectivity index (χ1) is 6.70. The summed E-state index contributed by atoms with van der Waals surface area (Å²) in [6.45, 7) is 6.69. The minimum atomic E-state index is -4.19. The van der Waals surface area contributed by atoms with Crippen LogP contribution in [0.2, 0.25) is 0 Å². The monoisotopic (exact) mass is 278 g/mol. The standard InChI is InChI=1S/C9H16F3N2.Ga/c1-5-8(13-6(2)3)14-7(4)9(10,11)12;/h6-7H,5H2,1-4H3;/q-1;+1. The van der Waals surface area contributed by atoms with Gasteiger partial charge in [-0.1, -0.05) is 0 Å². The number of nitrogens with zero attached hydrogens (tertiary/aromatic N) is 2. The molecule has 1 unspecified atom stereocenters. The van der Waals surface area contributed by atoms with Crippen molar-refractivity contribution in [2.75, 3.05) is 0 Å². The van der Waals surface area contributed by atoms with Gasteiger partial charge < -0.3 is 0 Å². The molecule has 86 valence electrons. The van der Waals surface area contributed by atoms with E-state index in [2.05, 4.69) is 4.99 Å². The summed E-state index contributed by atoms with van der Waals surface area (Å²) in [5.41, 5.74) is 0. The Labute approximate surface area is 99.1 Å². The van der Waals surface area contributed by atoms with Crippen LogP contribution in [-0.4, -0.2) is 46.5 Å². The van der Waals surface area contributed by atoms with Crippen molar-refractivity contribution in [1.29, 1.82) is 0 Å². The molecule has 0 aliphatic heterocycles. The van der Waals surface area contributed by atoms with E-state index in [0.717, 1.165) is 25.8 Å². The molecule has 0 fully saturated rings. The van der Waals surface area contributed by atoms with Gasteiger partial charge in [-0.15, -0.1) is 0 Å². The number of rotatable bonds is 3. The molecule has 0 saturated carbocycles. The predicted molar refractivity (Wildman–Crippen MR) is 56.0 cm³/mol. The van der Waals surface area contributed by atoms with Gasteiger partial charge in [0.05, 0.1) is 0 Å². The molecule has 0 aliphatic rings. The Hall–Kier alpha value is -0.104. The summed E-state index contributed by atoms with van der Waals surface area (Å²) in [6, 6.07) is -1.44. The van der Waals surface area contributed by atoms with Crippen molar-refractivity contribution in [2.24, 2.45) is 4.99 Å². The summed E-state index contributed by atoms with van der Waals surface area (Å²) in [6.07, 6.45) is -3.67. The molecule has 0 aromatic rings. The van der Waals surface area contributed by atoms with Crippen LogP contribution in [0.4, 0.5) is 13.2 Å². The molecular weight excluding hydrogens is 263 g/mol. The molecule has 0 rings (SSSR count). The normalized spacial score (nSPS) is 15.6. The quantitative estimate of drug-likeness (QED) is 0.440. The van der Waals surface area contributed by atoms with Crippen molar-refractivity contribution >= 4 is 24.7 Å². The van der Waals surface area contributed by atoms with Gasteiger partial charge in [0.15, 0.2) is 0 Å². The predicted octanol–water partition coefficient (Wildman–Crippen LogP) is 2.54. The van der Waals surface area contributed by atoms with Crippen LogP contribution in [0.15, 0.2) is 4.99 Å². The summed E-state index contributed by atoms with van der Waals surface area (Å²) >= 11 is 0.939. The summed E-state index contributed by atoms with van der Waals surface area (Å²) in [4.78, 5) is 4.19. The summed E-state index contributed by atoms with van der Waals surface area (Å²) in [7, 11) is 0. The van der Waals surface area contributed by atoms with Gasteiger partial charge >= 0.3 is 98.8 Å². The van der Waals surface area contributed by atoms with Crippen LogP contribution < -0.4 is 0 Å². The van der Waals surface area contributed by atoms with Gasteiger partial charge in [-0.05, 0) is 0 Å². The average Bonchev–Trinajstić information content (AvgIpc) is 2.10. The molecule has 0 spiro atoms. The Bertz CT molecular complexity index is 226. The molecule has 6 heteroatoms. The Morgan fingerprint density at radius 2 is 1.80 bits per heavy atom. The fraction of sp³-hybridized carbons (Fsp3) is 0.889. The second kappa shape index (κ2) is 5.84. The molecule has 0 heterocycles. The zero-order chi connectivity index (χ0) is 12.2. The van der Waals surface area contributed by atoms with E-state index in [0.29, 0.717) is 12.3 Å². The molecule has 0 N–H and O–H groups in total. The zero-order valence-corrected chi connectivity index (χ0v) is 11.9. The second-order valence-electron chi connectivity index (χ2n) is 3.62. The van der Waals surface area contributed by atoms with E-state index in [1.54, 1.807) is 0 Å². The van der Waals surface area contributed by atoms with Crippen LogP contribution >= 0.6 is 0 Å². The number of halogens is 3. The average molecular weight is 279 g/mol. The minimum absolute atomic E-state index is 0.0265. The maximum atomic E-state index is 12.4. The number of hydrogen-bond donors (Lipinski definition) is 0. The van der Waals surface area contributed by atoms with Gasteiger partial charge in [-0.3, -0.25) is 0 Å². The van der Waals surface area contributed by atoms with Crippen LogP contribution in [0.25, 0.3) is 0 Å². The van der Waals surface area contributed by atoms with Gasteiger partial charge in [0.2, 0.25) is 0 Å². The maximum absolute atomic E-state index is 12.4. The van der Waals surface area contributed by atoms with Gasteiger partial charge in [-0.2, -0.15) is 0 Å². The molecular formula is C9H16F3GaN2. The number of hydrogen-bond acceptors (Lipinski definition) is 1. The Kier molecular flexibility index (Phi) is 5.80. The number of aliphatic imine (C=N–C) groups is 1. The first-order valence-electron chi connectivity index (χ1n) is 4.87. The molecule has 0 saturated heterocycles. The van der Waals surface area contributed by atoms with E-state index in [1.807, 2.05) is 20.8 Å². The first kappa shape index (κ1) is 14.9. The van der Waals surface area contributed by atoms with Gasteiger partial charge in [0, 0.05) is 0 Å². The fourth-order valence-electron chi connectivity index (χ4n) is 1.02. The Balaban J connectivity index is 4.74. The van der Waals surface area contributed by atoms with E-state index in [9.17, 15) is 13.2 Å². The van der Waals surface area contributed by atoms with Crippen LogP contribution in [0.5, 0.6) is 0 Å². The van der Waals surface area contributed by atoms with E-state index >= 15 is 0 Å². The number of amidine groups is 1. The van der Waals surface area contributed by atoms with Crippen molar-refractivity contribution < 1.29 is 13.2 Å². The van der Waals surface area contributed by atoms with Gasteiger partial charge in [0.25, 0.3) is 0 Å². The second-order valence-corrected chi connectivity index (χ2v) is 4.78. The molecule has 0 bridgehead atoms. The van der Waals surface area contributed by atoms with Crippen LogP contribution in [0.3, 0.4) is 0 Å². The van der Waals surface area contributed by atoms with Crippen molar-refractivity contribution in [1.82, 2.24) is 3.61 Å². The van der Waals surface area contributed by atoms with E-state index in [4.69, 9.17) is 0 Å².